The first-order valence-electron chi connectivity index (χ1n) is 7.59. The van der Waals surface area contributed by atoms with Crippen LogP contribution in [0, 0.1) is 11.8 Å². The quantitative estimate of drug-likeness (QED) is 0.619. The van der Waals surface area contributed by atoms with Gasteiger partial charge in [-0.2, -0.15) is 0 Å². The summed E-state index contributed by atoms with van der Waals surface area (Å²) >= 11 is 1.57. The van der Waals surface area contributed by atoms with Crippen molar-refractivity contribution in [1.29, 1.82) is 0 Å². The van der Waals surface area contributed by atoms with Crippen molar-refractivity contribution in [2.24, 2.45) is 0 Å². The number of nitrogens with one attached hydrogen (secondary N) is 2. The number of ether oxygens (including phenoxy) is 1. The normalized spacial score (nSPS) is 9.96. The molecule has 25 heavy (non-hydrogen) atoms. The van der Waals surface area contributed by atoms with Crippen LogP contribution in [0.2, 0.25) is 0 Å². The SMILES string of the molecule is CC(=O)Nc1cccc(OCC#CCNC(=O)/C=C/c2cccs2)c1. The second-order valence-electron chi connectivity index (χ2n) is 4.92. The molecule has 0 spiro atoms. The number of rotatable bonds is 6. The number of carbonyl (C=O) groups is 2. The maximum absolute atomic E-state index is 11.6. The van der Waals surface area contributed by atoms with Gasteiger partial charge in [-0.05, 0) is 29.7 Å². The molecule has 2 aromatic rings. The van der Waals surface area contributed by atoms with Crippen LogP contribution in [0.3, 0.4) is 0 Å². The highest BCUT2D eigenvalue weighted by Gasteiger charge is 1.98. The minimum atomic E-state index is -0.188. The lowest BCUT2D eigenvalue weighted by Gasteiger charge is -2.05. The molecular weight excluding hydrogens is 336 g/mol. The summed E-state index contributed by atoms with van der Waals surface area (Å²) in [5.41, 5.74) is 0.669. The molecule has 0 atom stereocenters. The Bertz CT molecular complexity index is 802. The summed E-state index contributed by atoms with van der Waals surface area (Å²) in [6.45, 7) is 1.90. The highest BCUT2D eigenvalue weighted by atomic mass is 32.1. The van der Waals surface area contributed by atoms with Gasteiger partial charge in [0, 0.05) is 29.6 Å². The van der Waals surface area contributed by atoms with E-state index in [1.165, 1.54) is 13.0 Å². The van der Waals surface area contributed by atoms with E-state index in [2.05, 4.69) is 22.5 Å². The largest absolute Gasteiger partial charge is 0.481 e. The molecule has 0 aliphatic rings. The minimum Gasteiger partial charge on any atom is -0.481 e. The number of hydrogen-bond donors (Lipinski definition) is 2. The lowest BCUT2D eigenvalue weighted by atomic mass is 10.3. The summed E-state index contributed by atoms with van der Waals surface area (Å²) in [5.74, 6) is 5.93. The summed E-state index contributed by atoms with van der Waals surface area (Å²) < 4.78 is 5.48. The van der Waals surface area contributed by atoms with Crippen molar-refractivity contribution in [3.63, 3.8) is 0 Å². The van der Waals surface area contributed by atoms with E-state index in [0.29, 0.717) is 11.4 Å². The van der Waals surface area contributed by atoms with Crippen molar-refractivity contribution in [3.05, 3.63) is 52.7 Å². The molecule has 0 saturated heterocycles. The first-order valence-corrected chi connectivity index (χ1v) is 8.47. The van der Waals surface area contributed by atoms with E-state index < -0.39 is 0 Å². The fourth-order valence-corrected chi connectivity index (χ4v) is 2.45. The van der Waals surface area contributed by atoms with Crippen molar-refractivity contribution in [2.45, 2.75) is 6.92 Å². The molecule has 5 nitrogen and oxygen atoms in total. The standard InChI is InChI=1S/C19H18N2O3S/c1-15(22)21-16-6-4-7-17(14-16)24-12-3-2-11-20-19(23)10-9-18-8-5-13-25-18/h4-10,13-14H,11-12H2,1H3,(H,20,23)(H,21,22)/b10-9+. The number of hydrogen-bond acceptors (Lipinski definition) is 4. The Labute approximate surface area is 150 Å². The smallest absolute Gasteiger partial charge is 0.244 e. The van der Waals surface area contributed by atoms with Crippen LogP contribution in [0.5, 0.6) is 5.75 Å². The Morgan fingerprint density at radius 1 is 1.24 bits per heavy atom. The highest BCUT2D eigenvalue weighted by molar-refractivity contribution is 7.10. The maximum atomic E-state index is 11.6. The third-order valence-electron chi connectivity index (χ3n) is 2.88. The average molecular weight is 354 g/mol. The van der Waals surface area contributed by atoms with Crippen LogP contribution in [0.25, 0.3) is 6.08 Å². The molecule has 2 N–H and O–H groups in total. The highest BCUT2D eigenvalue weighted by Crippen LogP contribution is 2.16. The molecule has 6 heteroatoms. The Balaban J connectivity index is 1.69. The topological polar surface area (TPSA) is 67.4 Å². The molecule has 0 aliphatic carbocycles. The summed E-state index contributed by atoms with van der Waals surface area (Å²) in [5, 5.41) is 7.31. The zero-order chi connectivity index (χ0) is 17.9. The zero-order valence-electron chi connectivity index (χ0n) is 13.7. The molecule has 0 fully saturated rings. The molecule has 1 heterocycles. The lowest BCUT2D eigenvalue weighted by Crippen LogP contribution is -2.21. The second kappa shape index (κ2) is 9.96. The van der Waals surface area contributed by atoms with Gasteiger partial charge in [0.25, 0.3) is 0 Å². The Kier molecular flexibility index (Phi) is 7.29. The van der Waals surface area contributed by atoms with Crippen molar-refractivity contribution >= 4 is 34.9 Å². The molecule has 0 unspecified atom stereocenters. The van der Waals surface area contributed by atoms with Gasteiger partial charge in [-0.25, -0.2) is 0 Å². The average Bonchev–Trinajstić information content (AvgIpc) is 3.09. The number of carbonyl (C=O) groups excluding carboxylic acids is 2. The van der Waals surface area contributed by atoms with E-state index in [1.54, 1.807) is 41.7 Å². The number of amides is 2. The summed E-state index contributed by atoms with van der Waals surface area (Å²) in [6, 6.07) is 10.9. The fourth-order valence-electron chi connectivity index (χ4n) is 1.83. The predicted molar refractivity (Wildman–Crippen MR) is 100 cm³/mol. The van der Waals surface area contributed by atoms with Crippen molar-refractivity contribution in [3.8, 4) is 17.6 Å². The predicted octanol–water partition coefficient (Wildman–Crippen LogP) is 2.92. The Hall–Kier alpha value is -3.04. The number of benzene rings is 1. The molecule has 0 saturated carbocycles. The van der Waals surface area contributed by atoms with Crippen LogP contribution in [0.1, 0.15) is 11.8 Å². The van der Waals surface area contributed by atoms with Gasteiger partial charge >= 0.3 is 0 Å². The molecule has 2 rings (SSSR count). The first kappa shape index (κ1) is 18.3. The van der Waals surface area contributed by atoms with Crippen LogP contribution < -0.4 is 15.4 Å². The Morgan fingerprint density at radius 3 is 2.88 bits per heavy atom. The van der Waals surface area contributed by atoms with Crippen LogP contribution in [-0.2, 0) is 9.59 Å². The third kappa shape index (κ3) is 7.38. The summed E-state index contributed by atoms with van der Waals surface area (Å²) in [7, 11) is 0. The third-order valence-corrected chi connectivity index (χ3v) is 3.72. The summed E-state index contributed by atoms with van der Waals surface area (Å²) in [4.78, 5) is 23.6. The van der Waals surface area contributed by atoms with Crippen LogP contribution in [-0.4, -0.2) is 25.0 Å². The number of thiophene rings is 1. The molecule has 2 amide bonds. The Morgan fingerprint density at radius 2 is 2.12 bits per heavy atom. The lowest BCUT2D eigenvalue weighted by molar-refractivity contribution is -0.116. The zero-order valence-corrected chi connectivity index (χ0v) is 14.6. The summed E-state index contributed by atoms with van der Waals surface area (Å²) in [6.07, 6.45) is 3.25. The van der Waals surface area contributed by atoms with Gasteiger partial charge in [-0.3, -0.25) is 9.59 Å². The van der Waals surface area contributed by atoms with Crippen molar-refractivity contribution < 1.29 is 14.3 Å². The van der Waals surface area contributed by atoms with E-state index in [0.717, 1.165) is 4.88 Å². The van der Waals surface area contributed by atoms with Crippen LogP contribution in [0.4, 0.5) is 5.69 Å². The van der Waals surface area contributed by atoms with Gasteiger partial charge in [0.15, 0.2) is 0 Å². The molecule has 0 radical (unpaired) electrons. The molecular formula is C19H18N2O3S. The number of anilines is 1. The maximum Gasteiger partial charge on any atom is 0.244 e. The van der Waals surface area contributed by atoms with Gasteiger partial charge in [-0.1, -0.05) is 24.0 Å². The van der Waals surface area contributed by atoms with Gasteiger partial charge in [0.1, 0.15) is 12.4 Å². The van der Waals surface area contributed by atoms with Crippen molar-refractivity contribution in [2.75, 3.05) is 18.5 Å². The first-order chi connectivity index (χ1) is 12.1. The molecule has 1 aromatic heterocycles. The monoisotopic (exact) mass is 354 g/mol. The fraction of sp³-hybridized carbons (Fsp3) is 0.158. The molecule has 128 valence electrons. The van der Waals surface area contributed by atoms with Crippen LogP contribution >= 0.6 is 11.3 Å². The van der Waals surface area contributed by atoms with E-state index in [-0.39, 0.29) is 25.0 Å². The minimum absolute atomic E-state index is 0.138. The second-order valence-corrected chi connectivity index (χ2v) is 5.90. The van der Waals surface area contributed by atoms with Gasteiger partial charge in [0.2, 0.25) is 11.8 Å². The van der Waals surface area contributed by atoms with E-state index in [4.69, 9.17) is 4.74 Å². The molecule has 1 aromatic carbocycles. The van der Waals surface area contributed by atoms with Gasteiger partial charge in [0.05, 0.1) is 6.54 Å². The van der Waals surface area contributed by atoms with Crippen LogP contribution in [0.15, 0.2) is 47.9 Å². The van der Waals surface area contributed by atoms with E-state index >= 15 is 0 Å². The molecule has 0 bridgehead atoms. The van der Waals surface area contributed by atoms with Crippen molar-refractivity contribution in [1.82, 2.24) is 5.32 Å². The molecule has 0 aliphatic heterocycles. The van der Waals surface area contributed by atoms with Gasteiger partial charge < -0.3 is 15.4 Å². The van der Waals surface area contributed by atoms with E-state index in [9.17, 15) is 9.59 Å². The van der Waals surface area contributed by atoms with Gasteiger partial charge in [-0.15, -0.1) is 11.3 Å². The van der Waals surface area contributed by atoms with E-state index in [1.807, 2.05) is 17.5 Å².